The number of halogens is 2. The summed E-state index contributed by atoms with van der Waals surface area (Å²) >= 11 is 13.7. The molecule has 3 aromatic rings. The fourth-order valence-electron chi connectivity index (χ4n) is 1.84. The number of thiophene rings is 1. The Morgan fingerprint density at radius 2 is 2.05 bits per heavy atom. The van der Waals surface area contributed by atoms with Gasteiger partial charge >= 0.3 is 0 Å². The third-order valence-corrected chi connectivity index (χ3v) is 4.00. The maximum Gasteiger partial charge on any atom is 0.135 e. The molecule has 0 saturated heterocycles. The molecule has 0 aliphatic carbocycles. The van der Waals surface area contributed by atoms with Crippen LogP contribution in [0.15, 0.2) is 41.2 Å². The Bertz CT molecular complexity index is 720. The first kappa shape index (κ1) is 12.5. The molecule has 0 radical (unpaired) electrons. The van der Waals surface area contributed by atoms with Gasteiger partial charge in [-0.15, -0.1) is 0 Å². The highest BCUT2D eigenvalue weighted by molar-refractivity contribution is 7.08. The van der Waals surface area contributed by atoms with Gasteiger partial charge in [0.25, 0.3) is 0 Å². The fourth-order valence-corrected chi connectivity index (χ4v) is 2.99. The summed E-state index contributed by atoms with van der Waals surface area (Å²) in [6, 6.07) is 7.23. The second-order valence-corrected chi connectivity index (χ2v) is 5.59. The highest BCUT2D eigenvalue weighted by Crippen LogP contribution is 2.32. The van der Waals surface area contributed by atoms with E-state index in [1.807, 2.05) is 16.8 Å². The van der Waals surface area contributed by atoms with Crippen molar-refractivity contribution < 1.29 is 0 Å². The molecule has 2 N–H and O–H groups in total. The van der Waals surface area contributed by atoms with Gasteiger partial charge in [0.2, 0.25) is 0 Å². The Balaban J connectivity index is 2.12. The average Bonchev–Trinajstić information content (AvgIpc) is 2.99. The minimum atomic E-state index is 0.513. The zero-order valence-electron chi connectivity index (χ0n) is 9.68. The van der Waals surface area contributed by atoms with Crippen molar-refractivity contribution in [3.63, 3.8) is 0 Å². The minimum Gasteiger partial charge on any atom is -0.383 e. The lowest BCUT2D eigenvalue weighted by molar-refractivity contribution is 0.891. The quantitative estimate of drug-likeness (QED) is 0.758. The summed E-state index contributed by atoms with van der Waals surface area (Å²) in [5.74, 6) is 0.558. The number of rotatable bonds is 2. The molecule has 6 heteroatoms. The van der Waals surface area contributed by atoms with Crippen LogP contribution in [0.1, 0.15) is 0 Å². The second kappa shape index (κ2) is 4.89. The van der Waals surface area contributed by atoms with Gasteiger partial charge in [-0.25, -0.2) is 4.68 Å². The van der Waals surface area contributed by atoms with Crippen LogP contribution in [-0.2, 0) is 0 Å². The van der Waals surface area contributed by atoms with Crippen molar-refractivity contribution in [2.45, 2.75) is 0 Å². The van der Waals surface area contributed by atoms with Crippen LogP contribution in [0.3, 0.4) is 0 Å². The predicted molar refractivity (Wildman–Crippen MR) is 81.3 cm³/mol. The normalized spacial score (nSPS) is 10.8. The van der Waals surface area contributed by atoms with E-state index in [4.69, 9.17) is 28.9 Å². The molecule has 0 fully saturated rings. The first-order valence-corrected chi connectivity index (χ1v) is 7.18. The summed E-state index contributed by atoms with van der Waals surface area (Å²) in [4.78, 5) is 0. The highest BCUT2D eigenvalue weighted by Gasteiger charge is 2.13. The maximum atomic E-state index is 6.17. The van der Waals surface area contributed by atoms with Crippen LogP contribution in [-0.4, -0.2) is 9.78 Å². The topological polar surface area (TPSA) is 43.8 Å². The van der Waals surface area contributed by atoms with Gasteiger partial charge in [-0.3, -0.25) is 0 Å². The number of nitrogens with zero attached hydrogens (tertiary/aromatic N) is 2. The molecule has 0 spiro atoms. The van der Waals surface area contributed by atoms with Crippen LogP contribution in [0.4, 0.5) is 5.82 Å². The van der Waals surface area contributed by atoms with Crippen LogP contribution < -0.4 is 5.73 Å². The van der Waals surface area contributed by atoms with Crippen LogP contribution in [0.25, 0.3) is 16.8 Å². The van der Waals surface area contributed by atoms with E-state index in [2.05, 4.69) is 5.10 Å². The highest BCUT2D eigenvalue weighted by atomic mass is 35.5. The molecule has 19 heavy (non-hydrogen) atoms. The van der Waals surface area contributed by atoms with Gasteiger partial charge in [0.1, 0.15) is 5.82 Å². The summed E-state index contributed by atoms with van der Waals surface area (Å²) in [7, 11) is 0. The first-order valence-electron chi connectivity index (χ1n) is 5.48. The van der Waals surface area contributed by atoms with Gasteiger partial charge in [0.05, 0.1) is 16.9 Å². The summed E-state index contributed by atoms with van der Waals surface area (Å²) in [6.07, 6.45) is 1.74. The van der Waals surface area contributed by atoms with Gasteiger partial charge in [-0.2, -0.15) is 16.4 Å². The Hall–Kier alpha value is -1.49. The lowest BCUT2D eigenvalue weighted by atomic mass is 10.2. The van der Waals surface area contributed by atoms with E-state index in [0.29, 0.717) is 21.6 Å². The van der Waals surface area contributed by atoms with Gasteiger partial charge in [0, 0.05) is 10.6 Å². The molecule has 2 heterocycles. The zero-order chi connectivity index (χ0) is 13.4. The van der Waals surface area contributed by atoms with Crippen molar-refractivity contribution >= 4 is 40.4 Å². The third-order valence-electron chi connectivity index (χ3n) is 2.78. The van der Waals surface area contributed by atoms with Gasteiger partial charge in [-0.05, 0) is 40.6 Å². The van der Waals surface area contributed by atoms with Gasteiger partial charge in [-0.1, -0.05) is 23.2 Å². The molecule has 2 aromatic heterocycles. The van der Waals surface area contributed by atoms with E-state index in [1.54, 1.807) is 40.4 Å². The third kappa shape index (κ3) is 2.23. The minimum absolute atomic E-state index is 0.513. The summed E-state index contributed by atoms with van der Waals surface area (Å²) < 4.78 is 1.62. The fraction of sp³-hybridized carbons (Fsp3) is 0. The summed E-state index contributed by atoms with van der Waals surface area (Å²) in [5.41, 5.74) is 8.81. The molecule has 0 atom stereocenters. The van der Waals surface area contributed by atoms with E-state index in [-0.39, 0.29) is 0 Å². The standard InChI is InChI=1S/C13H9Cl2N3S/c14-9-1-2-12(11(15)5-9)18-13(16)10(6-17-18)8-3-4-19-7-8/h1-7H,16H2. The number of nitrogens with two attached hydrogens (primary N) is 1. The lowest BCUT2D eigenvalue weighted by Crippen LogP contribution is -2.02. The van der Waals surface area contributed by atoms with E-state index < -0.39 is 0 Å². The van der Waals surface area contributed by atoms with Crippen LogP contribution in [0.5, 0.6) is 0 Å². The van der Waals surface area contributed by atoms with E-state index in [9.17, 15) is 0 Å². The molecule has 0 saturated carbocycles. The van der Waals surface area contributed by atoms with Crippen molar-refractivity contribution in [3.05, 3.63) is 51.3 Å². The molecule has 0 bridgehead atoms. The molecule has 0 unspecified atom stereocenters. The zero-order valence-corrected chi connectivity index (χ0v) is 12.0. The smallest absolute Gasteiger partial charge is 0.135 e. The SMILES string of the molecule is Nc1c(-c2ccsc2)cnn1-c1ccc(Cl)cc1Cl. The lowest BCUT2D eigenvalue weighted by Gasteiger charge is -2.07. The average molecular weight is 310 g/mol. The number of hydrogen-bond donors (Lipinski definition) is 1. The molecule has 0 aliphatic heterocycles. The van der Waals surface area contributed by atoms with Crippen molar-refractivity contribution in [2.75, 3.05) is 5.73 Å². The van der Waals surface area contributed by atoms with Gasteiger partial charge < -0.3 is 5.73 Å². The van der Waals surface area contributed by atoms with Crippen molar-refractivity contribution in [1.82, 2.24) is 9.78 Å². The molecular weight excluding hydrogens is 301 g/mol. The Labute approximate surface area is 124 Å². The molecule has 3 nitrogen and oxygen atoms in total. The van der Waals surface area contributed by atoms with Gasteiger partial charge in [0.15, 0.2) is 0 Å². The van der Waals surface area contributed by atoms with Crippen molar-refractivity contribution in [1.29, 1.82) is 0 Å². The number of aromatic nitrogens is 2. The number of anilines is 1. The second-order valence-electron chi connectivity index (χ2n) is 3.96. The maximum absolute atomic E-state index is 6.17. The van der Waals surface area contributed by atoms with E-state index >= 15 is 0 Å². The molecule has 96 valence electrons. The molecule has 0 amide bonds. The Morgan fingerprint density at radius 1 is 1.21 bits per heavy atom. The van der Waals surface area contributed by atoms with Crippen LogP contribution >= 0.6 is 34.5 Å². The summed E-state index contributed by atoms with van der Waals surface area (Å²) in [6.45, 7) is 0. The molecular formula is C13H9Cl2N3S. The molecule has 3 rings (SSSR count). The van der Waals surface area contributed by atoms with E-state index in [0.717, 1.165) is 11.1 Å². The Kier molecular flexibility index (Phi) is 3.22. The predicted octanol–water partition coefficient (Wildman–Crippen LogP) is 4.49. The first-order chi connectivity index (χ1) is 9.16. The molecule has 0 aliphatic rings. The summed E-state index contributed by atoms with van der Waals surface area (Å²) in [5, 5.41) is 9.43. The monoisotopic (exact) mass is 309 g/mol. The molecule has 1 aromatic carbocycles. The Morgan fingerprint density at radius 3 is 2.74 bits per heavy atom. The van der Waals surface area contributed by atoms with Crippen molar-refractivity contribution in [3.8, 4) is 16.8 Å². The van der Waals surface area contributed by atoms with Crippen LogP contribution in [0, 0.1) is 0 Å². The largest absolute Gasteiger partial charge is 0.383 e. The number of nitrogen functional groups attached to an aromatic ring is 1. The van der Waals surface area contributed by atoms with E-state index in [1.165, 1.54) is 0 Å². The number of hydrogen-bond acceptors (Lipinski definition) is 3. The van der Waals surface area contributed by atoms with Crippen LogP contribution in [0.2, 0.25) is 10.0 Å². The van der Waals surface area contributed by atoms with Crippen molar-refractivity contribution in [2.24, 2.45) is 0 Å². The number of benzene rings is 1.